The Morgan fingerprint density at radius 3 is 2.88 bits per heavy atom. The average molecular weight is 113 g/mol. The number of nitrogens with one attached hydrogen (secondary N) is 1. The second-order valence-electron chi connectivity index (χ2n) is 2.24. The Balaban J connectivity index is 2.22. The van der Waals surface area contributed by atoms with E-state index in [4.69, 9.17) is 0 Å². The van der Waals surface area contributed by atoms with Gasteiger partial charge in [0, 0.05) is 12.5 Å². The van der Waals surface area contributed by atoms with Crippen LogP contribution in [0.5, 0.6) is 0 Å². The summed E-state index contributed by atoms with van der Waals surface area (Å²) >= 11 is 0. The van der Waals surface area contributed by atoms with Gasteiger partial charge in [-0.3, -0.25) is 0 Å². The van der Waals surface area contributed by atoms with E-state index >= 15 is 0 Å². The molecule has 0 amide bonds. The lowest BCUT2D eigenvalue weighted by molar-refractivity contribution is -0.111. The van der Waals surface area contributed by atoms with Crippen molar-refractivity contribution >= 4 is 6.29 Å². The average Bonchev–Trinajstić information content (AvgIpc) is 1.90. The highest BCUT2D eigenvalue weighted by molar-refractivity contribution is 5.53. The summed E-state index contributed by atoms with van der Waals surface area (Å²) in [5.74, 6) is 0.295. The first kappa shape index (κ1) is 5.76. The number of carbonyl (C=O) groups is 1. The third-order valence-corrected chi connectivity index (χ3v) is 1.53. The number of piperidine rings is 1. The normalized spacial score (nSPS) is 29.8. The Kier molecular flexibility index (Phi) is 2.03. The summed E-state index contributed by atoms with van der Waals surface area (Å²) < 4.78 is 0. The fourth-order valence-electron chi connectivity index (χ4n) is 0.995. The Labute approximate surface area is 49.3 Å². The molecule has 1 aliphatic heterocycles. The van der Waals surface area contributed by atoms with Crippen LogP contribution in [0.25, 0.3) is 0 Å². The van der Waals surface area contributed by atoms with Crippen molar-refractivity contribution in [1.29, 1.82) is 0 Å². The molecule has 0 bridgehead atoms. The summed E-state index contributed by atoms with van der Waals surface area (Å²) in [6, 6.07) is 0. The van der Waals surface area contributed by atoms with Crippen molar-refractivity contribution in [1.82, 2.24) is 5.32 Å². The molecule has 1 rings (SSSR count). The minimum Gasteiger partial charge on any atom is -0.316 e. The van der Waals surface area contributed by atoms with E-state index in [0.717, 1.165) is 32.2 Å². The minimum atomic E-state index is 0.295. The van der Waals surface area contributed by atoms with Gasteiger partial charge in [-0.2, -0.15) is 0 Å². The van der Waals surface area contributed by atoms with Crippen molar-refractivity contribution in [2.75, 3.05) is 13.1 Å². The van der Waals surface area contributed by atoms with Crippen LogP contribution in [-0.2, 0) is 4.79 Å². The van der Waals surface area contributed by atoms with Gasteiger partial charge in [0.2, 0.25) is 0 Å². The molecule has 8 heavy (non-hydrogen) atoms. The molecule has 1 N–H and O–H groups in total. The summed E-state index contributed by atoms with van der Waals surface area (Å²) in [6.07, 6.45) is 3.28. The van der Waals surface area contributed by atoms with E-state index in [9.17, 15) is 4.79 Å². The third kappa shape index (κ3) is 1.30. The van der Waals surface area contributed by atoms with Crippen LogP contribution in [0, 0.1) is 5.92 Å². The molecule has 46 valence electrons. The van der Waals surface area contributed by atoms with Crippen molar-refractivity contribution in [3.63, 3.8) is 0 Å². The molecule has 0 saturated carbocycles. The molecule has 0 aliphatic carbocycles. The third-order valence-electron chi connectivity index (χ3n) is 1.53. The van der Waals surface area contributed by atoms with Crippen LogP contribution in [0.3, 0.4) is 0 Å². The van der Waals surface area contributed by atoms with E-state index in [-0.39, 0.29) is 0 Å². The highest BCUT2D eigenvalue weighted by atomic mass is 16.1. The molecule has 2 heteroatoms. The van der Waals surface area contributed by atoms with E-state index < -0.39 is 0 Å². The Morgan fingerprint density at radius 1 is 1.62 bits per heavy atom. The van der Waals surface area contributed by atoms with Gasteiger partial charge in [-0.05, 0) is 19.4 Å². The molecule has 1 saturated heterocycles. The number of rotatable bonds is 1. The molecule has 2 nitrogen and oxygen atoms in total. The van der Waals surface area contributed by atoms with E-state index in [1.807, 2.05) is 0 Å². The lowest BCUT2D eigenvalue weighted by Crippen LogP contribution is -2.30. The van der Waals surface area contributed by atoms with Crippen molar-refractivity contribution in [2.24, 2.45) is 5.92 Å². The molecule has 0 aromatic carbocycles. The second-order valence-corrected chi connectivity index (χ2v) is 2.24. The molecule has 0 aromatic heterocycles. The molecule has 1 atom stereocenters. The zero-order valence-corrected chi connectivity index (χ0v) is 4.89. The summed E-state index contributed by atoms with van der Waals surface area (Å²) in [4.78, 5) is 10.1. The highest BCUT2D eigenvalue weighted by Crippen LogP contribution is 2.05. The van der Waals surface area contributed by atoms with Crippen LogP contribution in [-0.4, -0.2) is 19.4 Å². The highest BCUT2D eigenvalue weighted by Gasteiger charge is 2.09. The number of carbonyl (C=O) groups excluding carboxylic acids is 1. The van der Waals surface area contributed by atoms with Crippen LogP contribution in [0.4, 0.5) is 0 Å². The van der Waals surface area contributed by atoms with Gasteiger partial charge in [0.25, 0.3) is 0 Å². The monoisotopic (exact) mass is 113 g/mol. The van der Waals surface area contributed by atoms with Crippen LogP contribution >= 0.6 is 0 Å². The number of hydrogen-bond acceptors (Lipinski definition) is 2. The van der Waals surface area contributed by atoms with E-state index in [0.29, 0.717) is 5.92 Å². The van der Waals surface area contributed by atoms with Crippen LogP contribution in [0.1, 0.15) is 12.8 Å². The molecule has 1 unspecified atom stereocenters. The summed E-state index contributed by atoms with van der Waals surface area (Å²) in [6.45, 7) is 1.98. The summed E-state index contributed by atoms with van der Waals surface area (Å²) in [5, 5.41) is 3.15. The van der Waals surface area contributed by atoms with Crippen molar-refractivity contribution in [3.8, 4) is 0 Å². The van der Waals surface area contributed by atoms with Crippen LogP contribution in [0.15, 0.2) is 0 Å². The smallest absolute Gasteiger partial charge is 0.124 e. The van der Waals surface area contributed by atoms with E-state index in [1.54, 1.807) is 0 Å². The molecule has 0 radical (unpaired) electrons. The lowest BCUT2D eigenvalue weighted by Gasteiger charge is -2.16. The largest absolute Gasteiger partial charge is 0.316 e. The van der Waals surface area contributed by atoms with Gasteiger partial charge in [0.15, 0.2) is 0 Å². The maximum Gasteiger partial charge on any atom is 0.124 e. The fourth-order valence-corrected chi connectivity index (χ4v) is 0.995. The van der Waals surface area contributed by atoms with Gasteiger partial charge in [0.05, 0.1) is 0 Å². The Morgan fingerprint density at radius 2 is 2.50 bits per heavy atom. The van der Waals surface area contributed by atoms with Gasteiger partial charge in [-0.25, -0.2) is 0 Å². The summed E-state index contributed by atoms with van der Waals surface area (Å²) in [7, 11) is 0. The zero-order chi connectivity index (χ0) is 5.82. The summed E-state index contributed by atoms with van der Waals surface area (Å²) in [5.41, 5.74) is 0. The Bertz CT molecular complexity index is 76.6. The van der Waals surface area contributed by atoms with E-state index in [2.05, 4.69) is 5.32 Å². The first-order valence-electron chi connectivity index (χ1n) is 3.09. The van der Waals surface area contributed by atoms with Crippen LogP contribution < -0.4 is 5.32 Å². The number of aldehydes is 1. The van der Waals surface area contributed by atoms with Crippen molar-refractivity contribution < 1.29 is 4.79 Å². The maximum absolute atomic E-state index is 10.1. The van der Waals surface area contributed by atoms with Gasteiger partial charge in [0.1, 0.15) is 6.29 Å². The predicted molar refractivity (Wildman–Crippen MR) is 31.7 cm³/mol. The van der Waals surface area contributed by atoms with Gasteiger partial charge in [-0.1, -0.05) is 0 Å². The molecule has 0 aromatic rings. The standard InChI is InChI=1S/C6H11NO/c8-5-6-2-1-3-7-4-6/h5-7H,1-4H2. The van der Waals surface area contributed by atoms with Gasteiger partial charge in [-0.15, -0.1) is 0 Å². The van der Waals surface area contributed by atoms with Gasteiger partial charge >= 0.3 is 0 Å². The van der Waals surface area contributed by atoms with Crippen molar-refractivity contribution in [3.05, 3.63) is 0 Å². The maximum atomic E-state index is 10.1. The zero-order valence-electron chi connectivity index (χ0n) is 4.89. The minimum absolute atomic E-state index is 0.295. The topological polar surface area (TPSA) is 29.1 Å². The van der Waals surface area contributed by atoms with E-state index in [1.165, 1.54) is 0 Å². The molecule has 1 heterocycles. The first-order valence-corrected chi connectivity index (χ1v) is 3.09. The second kappa shape index (κ2) is 2.82. The molecule has 0 spiro atoms. The van der Waals surface area contributed by atoms with Crippen LogP contribution in [0.2, 0.25) is 0 Å². The SMILES string of the molecule is O=CC1CCCNC1. The predicted octanol–water partition coefficient (Wildman–Crippen LogP) is 0.185. The first-order chi connectivity index (χ1) is 3.93. The fraction of sp³-hybridized carbons (Fsp3) is 0.833. The molecule has 1 aliphatic rings. The Hall–Kier alpha value is -0.370. The molecule has 1 fully saturated rings. The molecular formula is C6H11NO. The quantitative estimate of drug-likeness (QED) is 0.492. The molecular weight excluding hydrogens is 102 g/mol. The lowest BCUT2D eigenvalue weighted by atomic mass is 10.0. The number of hydrogen-bond donors (Lipinski definition) is 1. The van der Waals surface area contributed by atoms with Crippen molar-refractivity contribution in [2.45, 2.75) is 12.8 Å². The van der Waals surface area contributed by atoms with Gasteiger partial charge < -0.3 is 10.1 Å².